The van der Waals surface area contributed by atoms with Crippen LogP contribution in [-0.2, 0) is 4.79 Å². The number of nitrogens with one attached hydrogen (secondary N) is 4. The Balaban J connectivity index is 1.64. The van der Waals surface area contributed by atoms with E-state index in [2.05, 4.69) is 50.0 Å². The van der Waals surface area contributed by atoms with Gasteiger partial charge in [0.2, 0.25) is 11.9 Å². The van der Waals surface area contributed by atoms with Gasteiger partial charge in [0.05, 0.1) is 17.8 Å². The maximum absolute atomic E-state index is 13.4. The second-order valence-corrected chi connectivity index (χ2v) is 7.67. The Labute approximate surface area is 182 Å². The summed E-state index contributed by atoms with van der Waals surface area (Å²) in [6.45, 7) is 4.67. The molecule has 0 saturated heterocycles. The van der Waals surface area contributed by atoms with Gasteiger partial charge in [-0.2, -0.15) is 4.98 Å². The van der Waals surface area contributed by atoms with E-state index in [4.69, 9.17) is 0 Å². The smallest absolute Gasteiger partial charge is 0.237 e. The highest BCUT2D eigenvalue weighted by molar-refractivity contribution is 5.81. The predicted octanol–water partition coefficient (Wildman–Crippen LogP) is 3.04. The van der Waals surface area contributed by atoms with E-state index < -0.39 is 0 Å². The summed E-state index contributed by atoms with van der Waals surface area (Å²) < 4.78 is 13.4. The van der Waals surface area contributed by atoms with Gasteiger partial charge in [0.15, 0.2) is 0 Å². The molecule has 0 aliphatic heterocycles. The molecule has 1 saturated carbocycles. The van der Waals surface area contributed by atoms with Gasteiger partial charge < -0.3 is 21.3 Å². The van der Waals surface area contributed by atoms with Gasteiger partial charge >= 0.3 is 0 Å². The summed E-state index contributed by atoms with van der Waals surface area (Å²) in [6, 6.07) is 6.13. The molecular formula is C23H29FN6O. The lowest BCUT2D eigenvalue weighted by Gasteiger charge is -2.33. The van der Waals surface area contributed by atoms with Gasteiger partial charge in [-0.25, -0.2) is 9.37 Å². The van der Waals surface area contributed by atoms with Crippen LogP contribution in [0.3, 0.4) is 0 Å². The zero-order valence-electron chi connectivity index (χ0n) is 18.1. The van der Waals surface area contributed by atoms with Crippen molar-refractivity contribution in [3.05, 3.63) is 41.8 Å². The fraction of sp³-hybridized carbons (Fsp3) is 0.435. The van der Waals surface area contributed by atoms with E-state index in [9.17, 15) is 9.18 Å². The number of likely N-dealkylation sites (N-methyl/N-ethyl adjacent to an activating group) is 1. The number of nitrogens with zero attached hydrogens (tertiary/aromatic N) is 2. The second-order valence-electron chi connectivity index (χ2n) is 7.67. The first-order valence-electron chi connectivity index (χ1n) is 10.6. The van der Waals surface area contributed by atoms with Crippen LogP contribution in [0, 0.1) is 23.6 Å². The van der Waals surface area contributed by atoms with Crippen LogP contribution in [-0.4, -0.2) is 41.6 Å². The predicted molar refractivity (Wildman–Crippen MR) is 121 cm³/mol. The standard InChI is InChI=1S/C23H29FN6O/c1-4-10-26-21-17(9-8-16-11-20(12-16)28-22(31)15(2)25-3)14-27-23(30-21)29-19-7-5-6-18(24)13-19/h5-7,13-16,20,25H,4,10-12H2,1-3H3,(H,28,31)(H2,26,27,29,30)/t15-,16-,20+/m0/s1. The molecule has 1 aliphatic carbocycles. The van der Waals surface area contributed by atoms with Crippen LogP contribution >= 0.6 is 0 Å². The maximum Gasteiger partial charge on any atom is 0.237 e. The van der Waals surface area contributed by atoms with Crippen molar-refractivity contribution in [2.24, 2.45) is 5.92 Å². The summed E-state index contributed by atoms with van der Waals surface area (Å²) in [5.41, 5.74) is 1.30. The molecule has 164 valence electrons. The largest absolute Gasteiger partial charge is 0.369 e. The molecule has 1 aliphatic rings. The first-order chi connectivity index (χ1) is 15.0. The minimum atomic E-state index is -0.327. The third kappa shape index (κ3) is 6.40. The Hall–Kier alpha value is -3.18. The van der Waals surface area contributed by atoms with E-state index in [1.807, 2.05) is 6.92 Å². The molecule has 1 aromatic heterocycles. The number of aromatic nitrogens is 2. The molecule has 1 atom stereocenters. The number of amides is 1. The topological polar surface area (TPSA) is 91.0 Å². The summed E-state index contributed by atoms with van der Waals surface area (Å²) in [5.74, 6) is 7.40. The van der Waals surface area contributed by atoms with Crippen molar-refractivity contribution in [3.63, 3.8) is 0 Å². The maximum atomic E-state index is 13.4. The van der Waals surface area contributed by atoms with Crippen molar-refractivity contribution >= 4 is 23.4 Å². The number of carbonyl (C=O) groups is 1. The highest BCUT2D eigenvalue weighted by Crippen LogP contribution is 2.27. The molecule has 3 rings (SSSR count). The average molecular weight is 425 g/mol. The van der Waals surface area contributed by atoms with Crippen molar-refractivity contribution in [1.82, 2.24) is 20.6 Å². The normalized spacial score (nSPS) is 18.2. The fourth-order valence-electron chi connectivity index (χ4n) is 3.10. The highest BCUT2D eigenvalue weighted by atomic mass is 19.1. The van der Waals surface area contributed by atoms with Crippen molar-refractivity contribution in [2.75, 3.05) is 24.2 Å². The van der Waals surface area contributed by atoms with Gasteiger partial charge in [0.25, 0.3) is 0 Å². The summed E-state index contributed by atoms with van der Waals surface area (Å²) in [7, 11) is 1.77. The zero-order chi connectivity index (χ0) is 22.2. The first kappa shape index (κ1) is 22.5. The second kappa shape index (κ2) is 10.7. The van der Waals surface area contributed by atoms with E-state index in [-0.39, 0.29) is 29.7 Å². The quantitative estimate of drug-likeness (QED) is 0.487. The molecule has 8 heteroatoms. The number of carbonyl (C=O) groups excluding carboxylic acids is 1. The number of anilines is 3. The van der Waals surface area contributed by atoms with E-state index in [0.717, 1.165) is 31.4 Å². The zero-order valence-corrected chi connectivity index (χ0v) is 18.1. The Morgan fingerprint density at radius 1 is 1.35 bits per heavy atom. The monoisotopic (exact) mass is 424 g/mol. The third-order valence-corrected chi connectivity index (χ3v) is 5.13. The Morgan fingerprint density at radius 2 is 2.16 bits per heavy atom. The van der Waals surface area contributed by atoms with Crippen molar-refractivity contribution in [2.45, 2.75) is 45.2 Å². The molecule has 0 bridgehead atoms. The van der Waals surface area contributed by atoms with Crippen LogP contribution in [0.25, 0.3) is 0 Å². The van der Waals surface area contributed by atoms with Crippen LogP contribution in [0.1, 0.15) is 38.7 Å². The number of hydrogen-bond donors (Lipinski definition) is 4. The minimum Gasteiger partial charge on any atom is -0.369 e. The molecule has 1 fully saturated rings. The molecule has 0 radical (unpaired) electrons. The van der Waals surface area contributed by atoms with Gasteiger partial charge in [-0.05, 0) is 51.4 Å². The molecule has 7 nitrogen and oxygen atoms in total. The van der Waals surface area contributed by atoms with Crippen molar-refractivity contribution in [3.8, 4) is 11.8 Å². The molecular weight excluding hydrogens is 395 g/mol. The molecule has 31 heavy (non-hydrogen) atoms. The Kier molecular flexibility index (Phi) is 7.79. The lowest BCUT2D eigenvalue weighted by molar-refractivity contribution is -0.124. The van der Waals surface area contributed by atoms with Crippen LogP contribution in [0.5, 0.6) is 0 Å². The molecule has 0 unspecified atom stereocenters. The number of hydrogen-bond acceptors (Lipinski definition) is 6. The highest BCUT2D eigenvalue weighted by Gasteiger charge is 2.29. The van der Waals surface area contributed by atoms with Crippen LogP contribution in [0.2, 0.25) is 0 Å². The van der Waals surface area contributed by atoms with Gasteiger partial charge in [-0.3, -0.25) is 4.79 Å². The number of benzene rings is 1. The molecule has 2 aromatic rings. The van der Waals surface area contributed by atoms with Crippen LogP contribution in [0.15, 0.2) is 30.5 Å². The molecule has 1 heterocycles. The summed E-state index contributed by atoms with van der Waals surface area (Å²) in [5, 5.41) is 12.3. The minimum absolute atomic E-state index is 0.0137. The Bertz CT molecular complexity index is 964. The summed E-state index contributed by atoms with van der Waals surface area (Å²) >= 11 is 0. The first-order valence-corrected chi connectivity index (χ1v) is 10.6. The molecule has 1 aromatic carbocycles. The average Bonchev–Trinajstić information content (AvgIpc) is 2.73. The summed E-state index contributed by atoms with van der Waals surface area (Å²) in [6.07, 6.45) is 4.30. The Morgan fingerprint density at radius 3 is 2.87 bits per heavy atom. The number of halogens is 1. The lowest BCUT2D eigenvalue weighted by Crippen LogP contribution is -2.49. The molecule has 0 spiro atoms. The van der Waals surface area contributed by atoms with Gasteiger partial charge in [0.1, 0.15) is 11.6 Å². The number of rotatable bonds is 8. The van der Waals surface area contributed by atoms with Crippen LogP contribution in [0.4, 0.5) is 21.8 Å². The third-order valence-electron chi connectivity index (χ3n) is 5.13. The van der Waals surface area contributed by atoms with Crippen molar-refractivity contribution < 1.29 is 9.18 Å². The van der Waals surface area contributed by atoms with E-state index in [0.29, 0.717) is 17.5 Å². The van der Waals surface area contributed by atoms with Gasteiger partial charge in [-0.15, -0.1) is 0 Å². The summed E-state index contributed by atoms with van der Waals surface area (Å²) in [4.78, 5) is 20.8. The fourth-order valence-corrected chi connectivity index (χ4v) is 3.10. The molecule has 4 N–H and O–H groups in total. The molecule has 1 amide bonds. The van der Waals surface area contributed by atoms with Crippen molar-refractivity contribution in [1.29, 1.82) is 0 Å². The van der Waals surface area contributed by atoms with E-state index >= 15 is 0 Å². The van der Waals surface area contributed by atoms with E-state index in [1.54, 1.807) is 25.4 Å². The van der Waals surface area contributed by atoms with Gasteiger partial charge in [0, 0.05) is 24.2 Å². The van der Waals surface area contributed by atoms with Gasteiger partial charge in [-0.1, -0.05) is 24.8 Å². The lowest BCUT2D eigenvalue weighted by atomic mass is 9.80. The van der Waals surface area contributed by atoms with Crippen LogP contribution < -0.4 is 21.3 Å². The SMILES string of the molecule is CCCNc1nc(Nc2cccc(F)c2)ncc1C#C[C@H]1C[C@@H](NC(=O)[C@H](C)NC)C1. The van der Waals surface area contributed by atoms with E-state index in [1.165, 1.54) is 12.1 Å².